The number of carbonyl (C=O) groups is 2. The summed E-state index contributed by atoms with van der Waals surface area (Å²) in [7, 11) is 1.36. The fraction of sp³-hybridized carbons (Fsp3) is 0.231. The highest BCUT2D eigenvalue weighted by atomic mass is 35.5. The fourth-order valence-corrected chi connectivity index (χ4v) is 3.94. The lowest BCUT2D eigenvalue weighted by Gasteiger charge is -2.24. The summed E-state index contributed by atoms with van der Waals surface area (Å²) in [5.74, 6) is -1.73. The van der Waals surface area contributed by atoms with E-state index in [1.54, 1.807) is 31.2 Å². The number of nitrogens with one attached hydrogen (secondary N) is 1. The Morgan fingerprint density at radius 1 is 0.972 bits per heavy atom. The van der Waals surface area contributed by atoms with Crippen molar-refractivity contribution in [3.8, 4) is 11.1 Å². The fourth-order valence-electron chi connectivity index (χ4n) is 3.56. The van der Waals surface area contributed by atoms with Crippen molar-refractivity contribution in [1.29, 1.82) is 0 Å². The standard InChI is InChI=1S/C26H23Cl2F3N2O3/c1-14-11-18(8-10-21(14)27)23(26(29,30)31)32-19-6-4-5-16(12-19)17-7-9-20(22(28)13-17)24(34)33(3)15(2)25(35)36/h4-13,15,23,32H,1-3H3,(H,35,36)/t15-,23-/m0/s1. The molecular formula is C26H23Cl2F3N2O3. The van der Waals surface area contributed by atoms with E-state index < -0.39 is 30.1 Å². The van der Waals surface area contributed by atoms with Crippen LogP contribution in [0.5, 0.6) is 0 Å². The van der Waals surface area contributed by atoms with E-state index in [2.05, 4.69) is 5.32 Å². The van der Waals surface area contributed by atoms with Gasteiger partial charge in [-0.1, -0.05) is 53.5 Å². The van der Waals surface area contributed by atoms with Crippen LogP contribution in [-0.4, -0.2) is 41.1 Å². The Hall–Kier alpha value is -3.23. The first-order valence-electron chi connectivity index (χ1n) is 10.8. The van der Waals surface area contributed by atoms with Crippen molar-refractivity contribution in [1.82, 2.24) is 4.90 Å². The van der Waals surface area contributed by atoms with E-state index in [4.69, 9.17) is 28.3 Å². The first-order valence-corrected chi connectivity index (χ1v) is 11.5. The minimum Gasteiger partial charge on any atom is -0.480 e. The third-order valence-corrected chi connectivity index (χ3v) is 6.54. The number of rotatable bonds is 7. The summed E-state index contributed by atoms with van der Waals surface area (Å²) < 4.78 is 41.7. The molecule has 0 saturated carbocycles. The van der Waals surface area contributed by atoms with Gasteiger partial charge in [0.15, 0.2) is 0 Å². The van der Waals surface area contributed by atoms with Gasteiger partial charge in [-0.05, 0) is 66.4 Å². The number of amides is 1. The van der Waals surface area contributed by atoms with Gasteiger partial charge in [-0.2, -0.15) is 13.2 Å². The summed E-state index contributed by atoms with van der Waals surface area (Å²) in [5.41, 5.74) is 2.04. The Labute approximate surface area is 216 Å². The molecule has 0 aliphatic rings. The molecule has 0 saturated heterocycles. The van der Waals surface area contributed by atoms with E-state index in [-0.39, 0.29) is 21.8 Å². The maximum atomic E-state index is 13.9. The van der Waals surface area contributed by atoms with Crippen LogP contribution in [0.2, 0.25) is 10.0 Å². The lowest BCUT2D eigenvalue weighted by molar-refractivity contribution is -0.144. The molecule has 5 nitrogen and oxygen atoms in total. The van der Waals surface area contributed by atoms with Gasteiger partial charge in [0.25, 0.3) is 5.91 Å². The zero-order valence-electron chi connectivity index (χ0n) is 19.5. The molecule has 2 N–H and O–H groups in total. The zero-order valence-corrected chi connectivity index (χ0v) is 21.0. The van der Waals surface area contributed by atoms with Crippen molar-refractivity contribution < 1.29 is 27.9 Å². The second kappa shape index (κ2) is 10.8. The number of anilines is 1. The second-order valence-electron chi connectivity index (χ2n) is 8.33. The number of nitrogens with zero attached hydrogens (tertiary/aromatic N) is 1. The number of halogens is 5. The van der Waals surface area contributed by atoms with Crippen molar-refractivity contribution in [2.24, 2.45) is 0 Å². The number of carboxylic acids is 1. The lowest BCUT2D eigenvalue weighted by atomic mass is 10.0. The van der Waals surface area contributed by atoms with Gasteiger partial charge in [-0.15, -0.1) is 0 Å². The zero-order chi connectivity index (χ0) is 26.8. The molecule has 3 aromatic rings. The van der Waals surface area contributed by atoms with Crippen LogP contribution in [0.15, 0.2) is 60.7 Å². The minimum absolute atomic E-state index is 0.0282. The first kappa shape index (κ1) is 27.4. The van der Waals surface area contributed by atoms with Gasteiger partial charge in [0.05, 0.1) is 10.6 Å². The SMILES string of the molecule is Cc1cc([C@H](Nc2cccc(-c3ccc(C(=O)N(C)[C@@H](C)C(=O)O)c(Cl)c3)c2)C(F)(F)F)ccc1Cl. The van der Waals surface area contributed by atoms with Crippen LogP contribution in [0.3, 0.4) is 0 Å². The number of hydrogen-bond donors (Lipinski definition) is 2. The smallest absolute Gasteiger partial charge is 0.412 e. The Balaban J connectivity index is 1.90. The number of aryl methyl sites for hydroxylation is 1. The molecule has 1 amide bonds. The Kier molecular flexibility index (Phi) is 8.21. The largest absolute Gasteiger partial charge is 0.480 e. The van der Waals surface area contributed by atoms with Gasteiger partial charge in [-0.3, -0.25) is 4.79 Å². The van der Waals surface area contributed by atoms with E-state index in [0.29, 0.717) is 21.7 Å². The maximum Gasteiger partial charge on any atom is 0.412 e. The minimum atomic E-state index is -4.57. The molecule has 0 spiro atoms. The number of hydrogen-bond acceptors (Lipinski definition) is 3. The quantitative estimate of drug-likeness (QED) is 0.333. The van der Waals surface area contributed by atoms with Gasteiger partial charge < -0.3 is 15.3 Å². The molecule has 190 valence electrons. The molecule has 0 radical (unpaired) electrons. The Morgan fingerprint density at radius 3 is 2.22 bits per heavy atom. The number of carboxylic acid groups (broad SMARTS) is 1. The number of alkyl halides is 3. The summed E-state index contributed by atoms with van der Waals surface area (Å²) >= 11 is 12.3. The molecule has 0 bridgehead atoms. The molecule has 0 heterocycles. The third-order valence-electron chi connectivity index (χ3n) is 5.81. The van der Waals surface area contributed by atoms with Gasteiger partial charge in [0, 0.05) is 17.8 Å². The van der Waals surface area contributed by atoms with Gasteiger partial charge >= 0.3 is 12.1 Å². The number of carbonyl (C=O) groups excluding carboxylic acids is 1. The summed E-state index contributed by atoms with van der Waals surface area (Å²) in [5, 5.41) is 12.2. The van der Waals surface area contributed by atoms with Crippen LogP contribution >= 0.6 is 23.2 Å². The van der Waals surface area contributed by atoms with E-state index in [1.165, 1.54) is 50.4 Å². The van der Waals surface area contributed by atoms with Crippen LogP contribution in [0.1, 0.15) is 34.5 Å². The van der Waals surface area contributed by atoms with Crippen molar-refractivity contribution in [3.63, 3.8) is 0 Å². The number of benzene rings is 3. The molecule has 0 fully saturated rings. The van der Waals surface area contributed by atoms with Crippen molar-refractivity contribution >= 4 is 40.8 Å². The highest BCUT2D eigenvalue weighted by Crippen LogP contribution is 2.37. The molecule has 0 aliphatic heterocycles. The topological polar surface area (TPSA) is 69.6 Å². The number of aliphatic carboxylic acids is 1. The molecule has 0 unspecified atom stereocenters. The molecule has 0 aliphatic carbocycles. The normalized spacial score (nSPS) is 13.1. The molecule has 0 aromatic heterocycles. The van der Waals surface area contributed by atoms with Crippen LogP contribution < -0.4 is 5.32 Å². The predicted octanol–water partition coefficient (Wildman–Crippen LogP) is 7.23. The van der Waals surface area contributed by atoms with E-state index in [9.17, 15) is 22.8 Å². The van der Waals surface area contributed by atoms with E-state index in [1.807, 2.05) is 0 Å². The molecule has 10 heteroatoms. The lowest BCUT2D eigenvalue weighted by Crippen LogP contribution is -2.40. The van der Waals surface area contributed by atoms with Crippen molar-refractivity contribution in [2.75, 3.05) is 12.4 Å². The maximum absolute atomic E-state index is 13.9. The molecule has 3 aromatic carbocycles. The average molecular weight is 539 g/mol. The highest BCUT2D eigenvalue weighted by molar-refractivity contribution is 6.34. The van der Waals surface area contributed by atoms with Crippen LogP contribution in [0.25, 0.3) is 11.1 Å². The Bertz CT molecular complexity index is 1300. The van der Waals surface area contributed by atoms with Crippen molar-refractivity contribution in [2.45, 2.75) is 32.1 Å². The van der Waals surface area contributed by atoms with Crippen LogP contribution in [0, 0.1) is 6.92 Å². The van der Waals surface area contributed by atoms with Gasteiger partial charge in [0.2, 0.25) is 0 Å². The van der Waals surface area contributed by atoms with Gasteiger partial charge in [-0.25, -0.2) is 4.79 Å². The van der Waals surface area contributed by atoms with Crippen LogP contribution in [0.4, 0.5) is 18.9 Å². The van der Waals surface area contributed by atoms with E-state index in [0.717, 1.165) is 4.90 Å². The van der Waals surface area contributed by atoms with Gasteiger partial charge in [0.1, 0.15) is 12.1 Å². The number of likely N-dealkylation sites (N-methyl/N-ethyl adjacent to an activating group) is 1. The molecular weight excluding hydrogens is 516 g/mol. The average Bonchev–Trinajstić information content (AvgIpc) is 2.82. The summed E-state index contributed by atoms with van der Waals surface area (Å²) in [6.45, 7) is 3.01. The highest BCUT2D eigenvalue weighted by Gasteiger charge is 2.41. The first-order chi connectivity index (χ1) is 16.8. The summed E-state index contributed by atoms with van der Waals surface area (Å²) in [6, 6.07) is 12.1. The van der Waals surface area contributed by atoms with E-state index >= 15 is 0 Å². The monoisotopic (exact) mass is 538 g/mol. The van der Waals surface area contributed by atoms with Crippen molar-refractivity contribution in [3.05, 3.63) is 87.4 Å². The molecule has 36 heavy (non-hydrogen) atoms. The molecule has 3 rings (SSSR count). The Morgan fingerprint density at radius 2 is 1.64 bits per heavy atom. The third kappa shape index (κ3) is 6.12. The molecule has 2 atom stereocenters. The summed E-state index contributed by atoms with van der Waals surface area (Å²) in [4.78, 5) is 24.9. The van der Waals surface area contributed by atoms with Crippen LogP contribution in [-0.2, 0) is 4.79 Å². The second-order valence-corrected chi connectivity index (χ2v) is 9.15. The summed E-state index contributed by atoms with van der Waals surface area (Å²) in [6.07, 6.45) is -4.57. The predicted molar refractivity (Wildman–Crippen MR) is 135 cm³/mol.